The van der Waals surface area contributed by atoms with Gasteiger partial charge in [-0.25, -0.2) is 9.97 Å². The van der Waals surface area contributed by atoms with E-state index >= 15 is 0 Å². The lowest BCUT2D eigenvalue weighted by Gasteiger charge is -2.13. The summed E-state index contributed by atoms with van der Waals surface area (Å²) in [6, 6.07) is 17.2. The number of benzene rings is 2. The highest BCUT2D eigenvalue weighted by Crippen LogP contribution is 2.33. The summed E-state index contributed by atoms with van der Waals surface area (Å²) in [5.41, 5.74) is 9.84. The first-order valence-corrected chi connectivity index (χ1v) is 7.93. The van der Waals surface area contributed by atoms with Crippen LogP contribution in [0.1, 0.15) is 12.5 Å². The van der Waals surface area contributed by atoms with Gasteiger partial charge in [0, 0.05) is 0 Å². The van der Waals surface area contributed by atoms with Crippen molar-refractivity contribution < 1.29 is 4.74 Å². The molecule has 2 aromatic heterocycles. The summed E-state index contributed by atoms with van der Waals surface area (Å²) in [6.07, 6.45) is 0. The van der Waals surface area contributed by atoms with Crippen LogP contribution in [0.5, 0.6) is 5.75 Å². The number of anilines is 1. The summed E-state index contributed by atoms with van der Waals surface area (Å²) in [5.74, 6) is 0.980. The molecule has 0 radical (unpaired) electrons. The number of rotatable bonds is 3. The molecule has 0 saturated carbocycles. The second-order valence-electron chi connectivity index (χ2n) is 5.49. The van der Waals surface area contributed by atoms with Gasteiger partial charge < -0.3 is 10.5 Å². The summed E-state index contributed by atoms with van der Waals surface area (Å²) in [6.45, 7) is 2.44. The van der Waals surface area contributed by atoms with Crippen molar-refractivity contribution in [1.29, 1.82) is 5.26 Å². The maximum Gasteiger partial charge on any atom is 0.167 e. The van der Waals surface area contributed by atoms with Crippen molar-refractivity contribution in [2.24, 2.45) is 0 Å². The topological polar surface area (TPSA) is 89.8 Å². The zero-order valence-electron chi connectivity index (χ0n) is 13.6. The highest BCUT2D eigenvalue weighted by Gasteiger charge is 2.21. The van der Waals surface area contributed by atoms with E-state index in [0.717, 1.165) is 16.7 Å². The molecular weight excluding hydrogens is 314 g/mol. The number of hydrogen-bond donors (Lipinski definition) is 1. The fraction of sp³-hybridized carbons (Fsp3) is 0.105. The van der Waals surface area contributed by atoms with Gasteiger partial charge in [0.1, 0.15) is 28.7 Å². The van der Waals surface area contributed by atoms with E-state index in [9.17, 15) is 5.26 Å². The summed E-state index contributed by atoms with van der Waals surface area (Å²) in [7, 11) is 0. The fourth-order valence-electron chi connectivity index (χ4n) is 2.94. The molecule has 0 amide bonds. The van der Waals surface area contributed by atoms with Crippen molar-refractivity contribution in [3.8, 4) is 17.5 Å². The van der Waals surface area contributed by atoms with Crippen LogP contribution in [0.3, 0.4) is 0 Å². The summed E-state index contributed by atoms with van der Waals surface area (Å²) in [4.78, 5) is 9.30. The lowest BCUT2D eigenvalue weighted by molar-refractivity contribution is 0.339. The van der Waals surface area contributed by atoms with Crippen LogP contribution in [-0.4, -0.2) is 21.1 Å². The Labute approximate surface area is 144 Å². The minimum atomic E-state index is 0.306. The second kappa shape index (κ2) is 5.80. The normalized spacial score (nSPS) is 10.9. The number of nitrogen functional groups attached to an aromatic ring is 1. The Bertz CT molecular complexity index is 1140. The van der Waals surface area contributed by atoms with Crippen LogP contribution >= 0.6 is 0 Å². The number of fused-ring (bicyclic) bond motifs is 2. The number of ether oxygens (including phenoxy) is 1. The molecule has 2 aromatic carbocycles. The lowest BCUT2D eigenvalue weighted by atomic mass is 10.2. The molecular formula is C19H15N5O. The maximum absolute atomic E-state index is 9.58. The molecule has 0 bridgehead atoms. The van der Waals surface area contributed by atoms with E-state index in [0.29, 0.717) is 34.9 Å². The minimum Gasteiger partial charge on any atom is -0.492 e. The van der Waals surface area contributed by atoms with Gasteiger partial charge in [0.25, 0.3) is 0 Å². The monoisotopic (exact) mass is 329 g/mol. The molecule has 0 aliphatic heterocycles. The van der Waals surface area contributed by atoms with E-state index in [1.54, 1.807) is 4.57 Å². The summed E-state index contributed by atoms with van der Waals surface area (Å²) in [5, 5.41) is 9.58. The Hall–Kier alpha value is -3.59. The fourth-order valence-corrected chi connectivity index (χ4v) is 2.94. The number of aromatic nitrogens is 3. The number of hydrogen-bond acceptors (Lipinski definition) is 5. The number of nitrogens with zero attached hydrogens (tertiary/aromatic N) is 4. The van der Waals surface area contributed by atoms with Gasteiger partial charge in [-0.15, -0.1) is 0 Å². The Morgan fingerprint density at radius 1 is 1.08 bits per heavy atom. The van der Waals surface area contributed by atoms with Crippen LogP contribution in [0.15, 0.2) is 48.5 Å². The molecule has 2 heterocycles. The molecule has 0 spiro atoms. The largest absolute Gasteiger partial charge is 0.492 e. The highest BCUT2D eigenvalue weighted by atomic mass is 16.5. The molecule has 25 heavy (non-hydrogen) atoms. The number of para-hydroxylation sites is 4. The van der Waals surface area contributed by atoms with Crippen molar-refractivity contribution in [3.05, 3.63) is 54.1 Å². The minimum absolute atomic E-state index is 0.306. The van der Waals surface area contributed by atoms with Gasteiger partial charge in [-0.1, -0.05) is 24.3 Å². The van der Waals surface area contributed by atoms with Crippen LogP contribution < -0.4 is 10.5 Å². The Kier molecular flexibility index (Phi) is 3.47. The molecule has 0 aliphatic carbocycles. The second-order valence-corrected chi connectivity index (χ2v) is 5.49. The Morgan fingerprint density at radius 2 is 1.76 bits per heavy atom. The average Bonchev–Trinajstić information content (AvgIpc) is 2.91. The first-order chi connectivity index (χ1) is 12.2. The smallest absolute Gasteiger partial charge is 0.167 e. The van der Waals surface area contributed by atoms with Crippen LogP contribution in [0.25, 0.3) is 27.9 Å². The lowest BCUT2D eigenvalue weighted by Crippen LogP contribution is -2.05. The molecule has 0 fully saturated rings. The van der Waals surface area contributed by atoms with E-state index in [2.05, 4.69) is 11.1 Å². The van der Waals surface area contributed by atoms with E-state index in [1.165, 1.54) is 0 Å². The third-order valence-electron chi connectivity index (χ3n) is 4.02. The molecule has 0 saturated heterocycles. The van der Waals surface area contributed by atoms with Crippen LogP contribution in [0, 0.1) is 11.3 Å². The molecule has 6 nitrogen and oxygen atoms in total. The Morgan fingerprint density at radius 3 is 2.48 bits per heavy atom. The summed E-state index contributed by atoms with van der Waals surface area (Å²) < 4.78 is 7.45. The van der Waals surface area contributed by atoms with Crippen LogP contribution in [-0.2, 0) is 0 Å². The van der Waals surface area contributed by atoms with Crippen molar-refractivity contribution in [3.63, 3.8) is 0 Å². The number of nitriles is 1. The molecule has 122 valence electrons. The standard InChI is InChI=1S/C19H15N5O/c1-2-25-16-10-6-5-9-15(16)24-18(21)12(11-20)17-19(24)23-14-8-4-3-7-13(14)22-17/h3-10H,2,21H2,1H3. The molecule has 0 aliphatic rings. The van der Waals surface area contributed by atoms with Crippen molar-refractivity contribution in [1.82, 2.24) is 14.5 Å². The van der Waals surface area contributed by atoms with Gasteiger partial charge in [-0.2, -0.15) is 5.26 Å². The van der Waals surface area contributed by atoms with Gasteiger partial charge in [0.15, 0.2) is 5.65 Å². The molecule has 2 N–H and O–H groups in total. The predicted octanol–water partition coefficient (Wildman–Crippen LogP) is 3.43. The predicted molar refractivity (Wildman–Crippen MR) is 96.7 cm³/mol. The maximum atomic E-state index is 9.58. The van der Waals surface area contributed by atoms with Gasteiger partial charge >= 0.3 is 0 Å². The van der Waals surface area contributed by atoms with Gasteiger partial charge in [0.2, 0.25) is 0 Å². The van der Waals surface area contributed by atoms with E-state index in [4.69, 9.17) is 15.5 Å². The van der Waals surface area contributed by atoms with E-state index < -0.39 is 0 Å². The zero-order valence-corrected chi connectivity index (χ0v) is 13.6. The third-order valence-corrected chi connectivity index (χ3v) is 4.02. The molecule has 4 aromatic rings. The molecule has 0 unspecified atom stereocenters. The first kappa shape index (κ1) is 15.0. The van der Waals surface area contributed by atoms with Crippen molar-refractivity contribution in [2.75, 3.05) is 12.3 Å². The van der Waals surface area contributed by atoms with E-state index in [1.807, 2.05) is 55.5 Å². The van der Waals surface area contributed by atoms with Gasteiger partial charge in [0.05, 0.1) is 23.3 Å². The van der Waals surface area contributed by atoms with E-state index in [-0.39, 0.29) is 0 Å². The zero-order chi connectivity index (χ0) is 17.4. The quantitative estimate of drug-likeness (QED) is 0.622. The van der Waals surface area contributed by atoms with Crippen molar-refractivity contribution >= 4 is 28.0 Å². The van der Waals surface area contributed by atoms with Gasteiger partial charge in [-0.3, -0.25) is 4.57 Å². The average molecular weight is 329 g/mol. The molecule has 0 atom stereocenters. The van der Waals surface area contributed by atoms with Crippen molar-refractivity contribution in [2.45, 2.75) is 6.92 Å². The number of nitrogens with two attached hydrogens (primary N) is 1. The highest BCUT2D eigenvalue weighted by molar-refractivity contribution is 5.93. The first-order valence-electron chi connectivity index (χ1n) is 7.93. The Balaban J connectivity index is 2.13. The molecule has 4 rings (SSSR count). The summed E-state index contributed by atoms with van der Waals surface area (Å²) >= 11 is 0. The van der Waals surface area contributed by atoms with Gasteiger partial charge in [-0.05, 0) is 31.2 Å². The van der Waals surface area contributed by atoms with Crippen LogP contribution in [0.4, 0.5) is 5.82 Å². The SMILES string of the molecule is CCOc1ccccc1-n1c(N)c(C#N)c2nc3ccccc3nc21. The van der Waals surface area contributed by atoms with Crippen LogP contribution in [0.2, 0.25) is 0 Å². The third kappa shape index (κ3) is 2.25. The molecule has 6 heteroatoms.